The average molecular weight is 266 g/mol. The van der Waals surface area contributed by atoms with Gasteiger partial charge in [-0.25, -0.2) is 0 Å². The molecule has 0 aromatic rings. The first-order valence-corrected chi connectivity index (χ1v) is 7.97. The zero-order valence-corrected chi connectivity index (χ0v) is 12.7. The SMILES string of the molecule is CCCC[N+](C)(CCCS(=O)(=O)OC)C(C)C. The first kappa shape index (κ1) is 16.9. The fraction of sp³-hybridized carbons (Fsp3) is 1.00. The maximum absolute atomic E-state index is 11.2. The van der Waals surface area contributed by atoms with Crippen molar-refractivity contribution in [2.45, 2.75) is 46.1 Å². The molecule has 0 N–H and O–H groups in total. The third kappa shape index (κ3) is 6.38. The molecule has 0 aliphatic rings. The summed E-state index contributed by atoms with van der Waals surface area (Å²) in [7, 11) is 0.135. The highest BCUT2D eigenvalue weighted by atomic mass is 32.2. The van der Waals surface area contributed by atoms with Gasteiger partial charge in [-0.05, 0) is 20.3 Å². The van der Waals surface area contributed by atoms with Crippen molar-refractivity contribution in [3.8, 4) is 0 Å². The molecule has 0 aromatic heterocycles. The van der Waals surface area contributed by atoms with Crippen LogP contribution < -0.4 is 0 Å². The van der Waals surface area contributed by atoms with E-state index in [0.717, 1.165) is 17.6 Å². The topological polar surface area (TPSA) is 43.4 Å². The van der Waals surface area contributed by atoms with Crippen LogP contribution in [0.15, 0.2) is 0 Å². The van der Waals surface area contributed by atoms with Crippen molar-refractivity contribution < 1.29 is 17.1 Å². The highest BCUT2D eigenvalue weighted by molar-refractivity contribution is 7.86. The Morgan fingerprint density at radius 2 is 1.71 bits per heavy atom. The van der Waals surface area contributed by atoms with Crippen molar-refractivity contribution in [1.82, 2.24) is 0 Å². The number of unbranched alkanes of at least 4 members (excludes halogenated alkanes) is 1. The normalized spacial score (nSPS) is 16.1. The van der Waals surface area contributed by atoms with Crippen LogP contribution in [0, 0.1) is 0 Å². The van der Waals surface area contributed by atoms with Crippen molar-refractivity contribution >= 4 is 10.1 Å². The second-order valence-electron chi connectivity index (χ2n) is 5.16. The van der Waals surface area contributed by atoms with Crippen LogP contribution in [0.25, 0.3) is 0 Å². The highest BCUT2D eigenvalue weighted by Gasteiger charge is 2.25. The molecule has 0 rings (SSSR count). The average Bonchev–Trinajstić information content (AvgIpc) is 2.26. The van der Waals surface area contributed by atoms with Gasteiger partial charge in [0.15, 0.2) is 0 Å². The molecule has 1 atom stereocenters. The fourth-order valence-corrected chi connectivity index (χ4v) is 2.48. The Balaban J connectivity index is 4.28. The van der Waals surface area contributed by atoms with E-state index in [4.69, 9.17) is 0 Å². The summed E-state index contributed by atoms with van der Waals surface area (Å²) >= 11 is 0. The lowest BCUT2D eigenvalue weighted by atomic mass is 10.2. The third-order valence-electron chi connectivity index (χ3n) is 3.59. The number of hydrogen-bond donors (Lipinski definition) is 0. The summed E-state index contributed by atoms with van der Waals surface area (Å²) in [5.41, 5.74) is 0. The molecule has 0 spiro atoms. The van der Waals surface area contributed by atoms with Gasteiger partial charge >= 0.3 is 0 Å². The van der Waals surface area contributed by atoms with E-state index in [1.165, 1.54) is 20.0 Å². The molecule has 0 aliphatic carbocycles. The van der Waals surface area contributed by atoms with Crippen molar-refractivity contribution in [1.29, 1.82) is 0 Å². The van der Waals surface area contributed by atoms with Gasteiger partial charge in [0.05, 0.1) is 39.0 Å². The molecular formula is C12H28NO3S+. The molecule has 5 heteroatoms. The van der Waals surface area contributed by atoms with Crippen LogP contribution in [-0.2, 0) is 14.3 Å². The molecule has 104 valence electrons. The van der Waals surface area contributed by atoms with Gasteiger partial charge < -0.3 is 4.48 Å². The summed E-state index contributed by atoms with van der Waals surface area (Å²) in [5.74, 6) is 0.121. The minimum atomic E-state index is -3.30. The van der Waals surface area contributed by atoms with Crippen LogP contribution in [-0.4, -0.2) is 51.9 Å². The van der Waals surface area contributed by atoms with E-state index in [2.05, 4.69) is 32.0 Å². The van der Waals surface area contributed by atoms with E-state index < -0.39 is 10.1 Å². The molecule has 17 heavy (non-hydrogen) atoms. The molecule has 0 aliphatic heterocycles. The summed E-state index contributed by atoms with van der Waals surface area (Å²) in [4.78, 5) is 0. The van der Waals surface area contributed by atoms with E-state index in [0.29, 0.717) is 12.5 Å². The standard InChI is InChI=1S/C12H28NO3S/c1-6-7-9-13(4,12(2)3)10-8-11-17(14,15)16-5/h12H,6-11H2,1-5H3/q+1. The summed E-state index contributed by atoms with van der Waals surface area (Å²) in [6.45, 7) is 8.57. The van der Waals surface area contributed by atoms with E-state index in [-0.39, 0.29) is 5.75 Å². The zero-order chi connectivity index (χ0) is 13.5. The van der Waals surface area contributed by atoms with Gasteiger partial charge in [0, 0.05) is 6.42 Å². The molecule has 0 aromatic carbocycles. The maximum atomic E-state index is 11.2. The molecule has 0 saturated carbocycles. The van der Waals surface area contributed by atoms with Crippen LogP contribution in [0.4, 0.5) is 0 Å². The lowest BCUT2D eigenvalue weighted by Crippen LogP contribution is -2.51. The molecule has 1 unspecified atom stereocenters. The predicted octanol–water partition coefficient (Wildman–Crippen LogP) is 2.01. The van der Waals surface area contributed by atoms with Crippen LogP contribution in [0.3, 0.4) is 0 Å². The molecule has 0 heterocycles. The zero-order valence-electron chi connectivity index (χ0n) is 11.9. The number of rotatable bonds is 9. The summed E-state index contributed by atoms with van der Waals surface area (Å²) in [6, 6.07) is 0.520. The Kier molecular flexibility index (Phi) is 7.28. The molecule has 0 bridgehead atoms. The van der Waals surface area contributed by atoms with E-state index in [1.807, 2.05) is 0 Å². The third-order valence-corrected chi connectivity index (χ3v) is 4.88. The monoisotopic (exact) mass is 266 g/mol. The van der Waals surface area contributed by atoms with Gasteiger partial charge in [-0.1, -0.05) is 13.3 Å². The minimum absolute atomic E-state index is 0.121. The molecule has 0 fully saturated rings. The van der Waals surface area contributed by atoms with Crippen LogP contribution >= 0.6 is 0 Å². The molecule has 4 nitrogen and oxygen atoms in total. The number of quaternary nitrogens is 1. The Morgan fingerprint density at radius 1 is 1.18 bits per heavy atom. The Bertz CT molecular complexity index is 301. The fourth-order valence-electron chi connectivity index (χ4n) is 1.83. The van der Waals surface area contributed by atoms with Crippen molar-refractivity contribution in [2.75, 3.05) is 33.0 Å². The molecular weight excluding hydrogens is 238 g/mol. The van der Waals surface area contributed by atoms with Crippen LogP contribution in [0.5, 0.6) is 0 Å². The largest absolute Gasteiger partial charge is 0.324 e. The number of nitrogens with zero attached hydrogens (tertiary/aromatic N) is 1. The van der Waals surface area contributed by atoms with Crippen molar-refractivity contribution in [3.05, 3.63) is 0 Å². The molecule has 0 radical (unpaired) electrons. The second kappa shape index (κ2) is 7.34. The van der Waals surface area contributed by atoms with E-state index in [9.17, 15) is 8.42 Å². The first-order chi connectivity index (χ1) is 7.77. The summed E-state index contributed by atoms with van der Waals surface area (Å²) in [5, 5.41) is 0. The molecule has 0 amide bonds. The van der Waals surface area contributed by atoms with Gasteiger partial charge in [0.25, 0.3) is 10.1 Å². The van der Waals surface area contributed by atoms with Crippen molar-refractivity contribution in [2.24, 2.45) is 0 Å². The Labute approximate surface area is 107 Å². The minimum Gasteiger partial charge on any atom is -0.324 e. The first-order valence-electron chi connectivity index (χ1n) is 6.40. The van der Waals surface area contributed by atoms with Gasteiger partial charge in [-0.15, -0.1) is 0 Å². The Hall–Kier alpha value is -0.130. The highest BCUT2D eigenvalue weighted by Crippen LogP contribution is 2.14. The molecule has 0 saturated heterocycles. The van der Waals surface area contributed by atoms with Gasteiger partial charge in [-0.3, -0.25) is 4.18 Å². The second-order valence-corrected chi connectivity index (χ2v) is 7.01. The van der Waals surface area contributed by atoms with Gasteiger partial charge in [-0.2, -0.15) is 8.42 Å². The van der Waals surface area contributed by atoms with Gasteiger partial charge in [0.1, 0.15) is 0 Å². The van der Waals surface area contributed by atoms with Crippen LogP contribution in [0.1, 0.15) is 40.0 Å². The van der Waals surface area contributed by atoms with Gasteiger partial charge in [0.2, 0.25) is 0 Å². The summed E-state index contributed by atoms with van der Waals surface area (Å²) < 4.78 is 27.9. The Morgan fingerprint density at radius 3 is 2.12 bits per heavy atom. The predicted molar refractivity (Wildman–Crippen MR) is 71.4 cm³/mol. The summed E-state index contributed by atoms with van der Waals surface area (Å²) in [6.07, 6.45) is 3.03. The smallest absolute Gasteiger partial charge is 0.267 e. The maximum Gasteiger partial charge on any atom is 0.267 e. The van der Waals surface area contributed by atoms with E-state index in [1.54, 1.807) is 0 Å². The lowest BCUT2D eigenvalue weighted by molar-refractivity contribution is -0.929. The van der Waals surface area contributed by atoms with E-state index >= 15 is 0 Å². The van der Waals surface area contributed by atoms with Crippen molar-refractivity contribution in [3.63, 3.8) is 0 Å². The number of hydrogen-bond acceptors (Lipinski definition) is 3. The van der Waals surface area contributed by atoms with Crippen LogP contribution in [0.2, 0.25) is 0 Å². The lowest BCUT2D eigenvalue weighted by Gasteiger charge is -2.38. The quantitative estimate of drug-likeness (QED) is 0.473.